The van der Waals surface area contributed by atoms with Gasteiger partial charge in [-0.15, -0.1) is 0 Å². The van der Waals surface area contributed by atoms with Gasteiger partial charge in [0.25, 0.3) is 5.56 Å². The Morgan fingerprint density at radius 2 is 1.89 bits per heavy atom. The average Bonchev–Trinajstić information content (AvgIpc) is 3.30. The number of hydrogen-bond donors (Lipinski definition) is 0. The van der Waals surface area contributed by atoms with E-state index in [1.807, 2.05) is 38.1 Å². The van der Waals surface area contributed by atoms with Crippen LogP contribution in [0.5, 0.6) is 17.2 Å². The van der Waals surface area contributed by atoms with Crippen molar-refractivity contribution in [2.75, 3.05) is 13.7 Å². The number of carbonyl (C=O) groups is 1. The van der Waals surface area contributed by atoms with Crippen molar-refractivity contribution in [2.45, 2.75) is 46.4 Å². The third kappa shape index (κ3) is 6.89. The largest absolute Gasteiger partial charge is 0.493 e. The van der Waals surface area contributed by atoms with Gasteiger partial charge in [0.05, 0.1) is 46.1 Å². The van der Waals surface area contributed by atoms with E-state index in [1.165, 1.54) is 29.1 Å². The molecule has 0 saturated carbocycles. The molecule has 0 radical (unpaired) electrons. The van der Waals surface area contributed by atoms with Gasteiger partial charge in [0.15, 0.2) is 16.3 Å². The fraction of sp³-hybridized carbons (Fsp3) is 0.265. The molecule has 8 nitrogen and oxygen atoms in total. The lowest BCUT2D eigenvalue weighted by molar-refractivity contribution is -0.139. The second-order valence-corrected chi connectivity index (χ2v) is 12.3. The van der Waals surface area contributed by atoms with Crippen molar-refractivity contribution in [1.82, 2.24) is 4.57 Å². The number of benzene rings is 3. The summed E-state index contributed by atoms with van der Waals surface area (Å²) < 4.78 is 39.3. The fourth-order valence-electron chi connectivity index (χ4n) is 4.99. The highest BCUT2D eigenvalue weighted by Gasteiger charge is 2.33. The maximum absolute atomic E-state index is 14.1. The molecule has 0 fully saturated rings. The number of rotatable bonds is 10. The molecule has 5 rings (SSSR count). The van der Waals surface area contributed by atoms with Crippen LogP contribution in [0.2, 0.25) is 0 Å². The minimum absolute atomic E-state index is 0.00287. The lowest BCUT2D eigenvalue weighted by Gasteiger charge is -2.25. The van der Waals surface area contributed by atoms with E-state index in [9.17, 15) is 14.0 Å². The van der Waals surface area contributed by atoms with Gasteiger partial charge in [0, 0.05) is 5.56 Å². The van der Waals surface area contributed by atoms with Crippen molar-refractivity contribution in [2.24, 2.45) is 4.99 Å². The Labute approximate surface area is 272 Å². The van der Waals surface area contributed by atoms with Crippen molar-refractivity contribution >= 4 is 39.3 Å². The van der Waals surface area contributed by atoms with Gasteiger partial charge in [0.1, 0.15) is 18.2 Å². The Kier molecular flexibility index (Phi) is 9.89. The number of thiazole rings is 1. The second kappa shape index (κ2) is 13.8. The topological polar surface area (TPSA) is 88.4 Å². The summed E-state index contributed by atoms with van der Waals surface area (Å²) in [5, 5.41) is 0. The minimum atomic E-state index is -0.744. The van der Waals surface area contributed by atoms with Crippen LogP contribution in [0, 0.1) is 5.82 Å². The van der Waals surface area contributed by atoms with Gasteiger partial charge < -0.3 is 18.9 Å². The molecule has 3 aromatic carbocycles. The van der Waals surface area contributed by atoms with E-state index in [4.69, 9.17) is 18.9 Å². The number of fused-ring (bicyclic) bond motifs is 1. The molecule has 234 valence electrons. The number of methoxy groups -OCH3 is 1. The summed E-state index contributed by atoms with van der Waals surface area (Å²) in [4.78, 5) is 32.3. The molecule has 4 aromatic rings. The molecule has 2 heterocycles. The first kappa shape index (κ1) is 32.2. The summed E-state index contributed by atoms with van der Waals surface area (Å²) in [6, 6.07) is 16.5. The number of carbonyl (C=O) groups excluding carboxylic acids is 1. The molecule has 0 bridgehead atoms. The monoisotopic (exact) mass is 694 g/mol. The van der Waals surface area contributed by atoms with Crippen LogP contribution in [0.25, 0.3) is 6.08 Å². The maximum atomic E-state index is 14.1. The van der Waals surface area contributed by atoms with Crippen LogP contribution in [0.15, 0.2) is 86.2 Å². The number of nitrogens with zero attached hydrogens (tertiary/aromatic N) is 2. The molecule has 1 aliphatic heterocycles. The molecular formula is C34H32BrFN2O6S. The van der Waals surface area contributed by atoms with Gasteiger partial charge in [-0.2, -0.15) is 0 Å². The van der Waals surface area contributed by atoms with Crippen molar-refractivity contribution in [3.63, 3.8) is 0 Å². The van der Waals surface area contributed by atoms with Crippen molar-refractivity contribution in [1.29, 1.82) is 0 Å². The number of esters is 1. The zero-order valence-corrected chi connectivity index (χ0v) is 27.8. The minimum Gasteiger partial charge on any atom is -0.493 e. The molecule has 1 aromatic heterocycles. The van der Waals surface area contributed by atoms with Gasteiger partial charge in [0.2, 0.25) is 0 Å². The molecule has 0 saturated heterocycles. The predicted octanol–water partition coefficient (Wildman–Crippen LogP) is 6.07. The summed E-state index contributed by atoms with van der Waals surface area (Å²) in [5.41, 5.74) is 2.26. The zero-order valence-electron chi connectivity index (χ0n) is 25.4. The van der Waals surface area contributed by atoms with Crippen LogP contribution in [0.4, 0.5) is 4.39 Å². The Balaban J connectivity index is 1.57. The van der Waals surface area contributed by atoms with E-state index in [0.717, 1.165) is 5.56 Å². The molecule has 0 spiro atoms. The summed E-state index contributed by atoms with van der Waals surface area (Å²) in [7, 11) is 1.51. The predicted molar refractivity (Wildman–Crippen MR) is 174 cm³/mol. The number of hydrogen-bond acceptors (Lipinski definition) is 8. The van der Waals surface area contributed by atoms with Crippen molar-refractivity contribution in [3.05, 3.63) is 119 Å². The first-order valence-electron chi connectivity index (χ1n) is 14.3. The van der Waals surface area contributed by atoms with Gasteiger partial charge in [-0.05, 0) is 91.2 Å². The first-order chi connectivity index (χ1) is 21.6. The Hall–Kier alpha value is -4.22. The fourth-order valence-corrected chi connectivity index (χ4v) is 6.61. The van der Waals surface area contributed by atoms with Crippen molar-refractivity contribution < 1.29 is 28.1 Å². The average molecular weight is 696 g/mol. The first-order valence-corrected chi connectivity index (χ1v) is 15.9. The van der Waals surface area contributed by atoms with Crippen LogP contribution >= 0.6 is 27.3 Å². The Morgan fingerprint density at radius 3 is 2.56 bits per heavy atom. The highest BCUT2D eigenvalue weighted by molar-refractivity contribution is 9.10. The summed E-state index contributed by atoms with van der Waals surface area (Å²) >= 11 is 4.76. The lowest BCUT2D eigenvalue weighted by atomic mass is 9.96. The summed E-state index contributed by atoms with van der Waals surface area (Å²) in [5.74, 6) is 0.598. The van der Waals surface area contributed by atoms with Gasteiger partial charge >= 0.3 is 5.97 Å². The number of allylic oxidation sites excluding steroid dienone is 1. The second-order valence-electron chi connectivity index (χ2n) is 10.5. The lowest BCUT2D eigenvalue weighted by Crippen LogP contribution is -2.39. The molecule has 1 aliphatic rings. The normalized spacial score (nSPS) is 14.7. The van der Waals surface area contributed by atoms with E-state index in [2.05, 4.69) is 20.9 Å². The molecule has 45 heavy (non-hydrogen) atoms. The zero-order chi connectivity index (χ0) is 32.2. The highest BCUT2D eigenvalue weighted by atomic mass is 79.9. The Morgan fingerprint density at radius 1 is 1.16 bits per heavy atom. The number of halogens is 2. The van der Waals surface area contributed by atoms with E-state index >= 15 is 0 Å². The smallest absolute Gasteiger partial charge is 0.338 e. The van der Waals surface area contributed by atoms with E-state index in [-0.39, 0.29) is 30.7 Å². The van der Waals surface area contributed by atoms with E-state index in [0.29, 0.717) is 53.5 Å². The molecule has 1 atom stereocenters. The summed E-state index contributed by atoms with van der Waals surface area (Å²) in [6.07, 6.45) is 1.73. The quantitative estimate of drug-likeness (QED) is 0.187. The highest BCUT2D eigenvalue weighted by Crippen LogP contribution is 2.38. The maximum Gasteiger partial charge on any atom is 0.338 e. The third-order valence-corrected chi connectivity index (χ3v) is 8.54. The number of ether oxygens (including phenoxy) is 4. The van der Waals surface area contributed by atoms with Crippen molar-refractivity contribution in [3.8, 4) is 17.2 Å². The Bertz CT molecular complexity index is 1950. The molecular weight excluding hydrogens is 663 g/mol. The van der Waals surface area contributed by atoms with Crippen LogP contribution in [-0.4, -0.2) is 30.4 Å². The molecule has 0 N–H and O–H groups in total. The van der Waals surface area contributed by atoms with E-state index in [1.54, 1.807) is 50.3 Å². The van der Waals surface area contributed by atoms with E-state index < -0.39 is 12.0 Å². The van der Waals surface area contributed by atoms with Gasteiger partial charge in [-0.25, -0.2) is 14.2 Å². The third-order valence-electron chi connectivity index (χ3n) is 6.96. The molecule has 11 heteroatoms. The van der Waals surface area contributed by atoms with Gasteiger partial charge in [-0.1, -0.05) is 41.7 Å². The van der Waals surface area contributed by atoms with Crippen LogP contribution in [0.1, 0.15) is 50.4 Å². The van der Waals surface area contributed by atoms with Crippen LogP contribution in [-0.2, 0) is 16.1 Å². The molecule has 0 aliphatic carbocycles. The molecule has 0 unspecified atom stereocenters. The van der Waals surface area contributed by atoms with Crippen LogP contribution in [0.3, 0.4) is 0 Å². The number of aromatic nitrogens is 1. The summed E-state index contributed by atoms with van der Waals surface area (Å²) in [6.45, 7) is 7.55. The standard InChI is InChI=1S/C34H32BrFN2O6S/c1-6-42-33(40)29-20(4)37-34-38(30(29)22-11-13-24(14-12-22)44-19(2)3)32(39)28(45-34)17-21-15-25(35)31(27(16-21)41-5)43-18-23-9-7-8-10-26(23)36/h7-17,19,30H,6,18H2,1-5H3/b28-17-/t30-/m0/s1. The van der Waals surface area contributed by atoms with Gasteiger partial charge in [-0.3, -0.25) is 9.36 Å². The SMILES string of the molecule is CCOC(=O)C1=C(C)N=c2s/c(=C\c3cc(Br)c(OCc4ccccc4F)c(OC)c3)c(=O)n2[C@H]1c1ccc(OC(C)C)cc1. The van der Waals surface area contributed by atoms with Crippen LogP contribution < -0.4 is 29.1 Å². The molecule has 0 amide bonds.